The molecular weight excluding hydrogens is 178 g/mol. The van der Waals surface area contributed by atoms with Gasteiger partial charge in [0.1, 0.15) is 5.76 Å². The second-order valence-corrected chi connectivity index (χ2v) is 3.58. The van der Waals surface area contributed by atoms with Gasteiger partial charge in [-0.05, 0) is 20.8 Å². The summed E-state index contributed by atoms with van der Waals surface area (Å²) in [6.45, 7) is 6.04. The van der Waals surface area contributed by atoms with Crippen LogP contribution in [0, 0.1) is 6.92 Å². The lowest BCUT2D eigenvalue weighted by Crippen LogP contribution is -1.99. The van der Waals surface area contributed by atoms with Gasteiger partial charge < -0.3 is 4.42 Å². The lowest BCUT2D eigenvalue weighted by molar-refractivity contribution is 0.530. The van der Waals surface area contributed by atoms with E-state index in [-0.39, 0.29) is 0 Å². The number of hydrogen-bond donors (Lipinski definition) is 0. The largest absolute Gasteiger partial charge is 0.441 e. The lowest BCUT2D eigenvalue weighted by atomic mass is 10.3. The quantitative estimate of drug-likeness (QED) is 0.732. The average molecular weight is 191 g/mol. The normalized spacial score (nSPS) is 11.1. The first-order valence-electron chi connectivity index (χ1n) is 4.64. The number of aromatic nitrogens is 3. The van der Waals surface area contributed by atoms with Crippen LogP contribution in [-0.4, -0.2) is 14.8 Å². The molecule has 0 aliphatic carbocycles. The molecule has 2 aromatic heterocycles. The molecule has 0 spiro atoms. The molecule has 0 atom stereocenters. The first kappa shape index (κ1) is 8.99. The van der Waals surface area contributed by atoms with Gasteiger partial charge >= 0.3 is 0 Å². The molecule has 0 aromatic carbocycles. The van der Waals surface area contributed by atoms with Gasteiger partial charge in [0, 0.05) is 12.2 Å². The zero-order chi connectivity index (χ0) is 10.1. The summed E-state index contributed by atoms with van der Waals surface area (Å²) < 4.78 is 7.28. The first-order valence-corrected chi connectivity index (χ1v) is 4.64. The molecule has 2 aromatic rings. The van der Waals surface area contributed by atoms with Crippen molar-refractivity contribution in [3.63, 3.8) is 0 Å². The Morgan fingerprint density at radius 2 is 2.14 bits per heavy atom. The molecule has 4 heteroatoms. The van der Waals surface area contributed by atoms with Crippen molar-refractivity contribution in [1.82, 2.24) is 14.8 Å². The zero-order valence-electron chi connectivity index (χ0n) is 8.56. The maximum absolute atomic E-state index is 5.40. The Morgan fingerprint density at radius 1 is 1.36 bits per heavy atom. The Hall–Kier alpha value is -1.58. The number of hydrogen-bond acceptors (Lipinski definition) is 3. The van der Waals surface area contributed by atoms with Crippen LogP contribution in [0.5, 0.6) is 0 Å². The minimum atomic E-state index is 0.361. The molecule has 4 nitrogen and oxygen atoms in total. The summed E-state index contributed by atoms with van der Waals surface area (Å²) >= 11 is 0. The summed E-state index contributed by atoms with van der Waals surface area (Å²) in [6, 6.07) is 0.361. The Kier molecular flexibility index (Phi) is 2.11. The second-order valence-electron chi connectivity index (χ2n) is 3.58. The molecule has 2 heterocycles. The van der Waals surface area contributed by atoms with Crippen molar-refractivity contribution < 1.29 is 4.42 Å². The van der Waals surface area contributed by atoms with E-state index in [2.05, 4.69) is 23.9 Å². The van der Waals surface area contributed by atoms with E-state index in [0.29, 0.717) is 11.9 Å². The molecule has 0 saturated carbocycles. The summed E-state index contributed by atoms with van der Waals surface area (Å²) in [5.74, 6) is 1.45. The minimum absolute atomic E-state index is 0.361. The van der Waals surface area contributed by atoms with Gasteiger partial charge in [-0.1, -0.05) is 0 Å². The van der Waals surface area contributed by atoms with E-state index < -0.39 is 0 Å². The molecular formula is C10H13N3O. The predicted molar refractivity (Wildman–Crippen MR) is 52.8 cm³/mol. The van der Waals surface area contributed by atoms with Crippen LogP contribution >= 0.6 is 0 Å². The fraction of sp³-hybridized carbons (Fsp3) is 0.400. The van der Waals surface area contributed by atoms with E-state index in [1.165, 1.54) is 0 Å². The third kappa shape index (κ3) is 1.55. The Bertz CT molecular complexity index is 428. The molecule has 0 aliphatic heterocycles. The fourth-order valence-corrected chi connectivity index (χ4v) is 1.22. The Balaban J connectivity index is 2.33. The van der Waals surface area contributed by atoms with Crippen LogP contribution in [0.3, 0.4) is 0 Å². The van der Waals surface area contributed by atoms with E-state index in [0.717, 1.165) is 11.3 Å². The third-order valence-electron chi connectivity index (χ3n) is 2.00. The molecule has 0 amide bonds. The maximum Gasteiger partial charge on any atom is 0.229 e. The minimum Gasteiger partial charge on any atom is -0.441 e. The molecule has 0 aliphatic rings. The molecule has 0 fully saturated rings. The van der Waals surface area contributed by atoms with Gasteiger partial charge in [-0.2, -0.15) is 5.10 Å². The van der Waals surface area contributed by atoms with Gasteiger partial charge in [0.15, 0.2) is 0 Å². The van der Waals surface area contributed by atoms with Crippen LogP contribution in [0.1, 0.15) is 25.6 Å². The number of aryl methyl sites for hydroxylation is 1. The number of oxazole rings is 1. The van der Waals surface area contributed by atoms with E-state index in [1.807, 2.05) is 17.8 Å². The van der Waals surface area contributed by atoms with E-state index in [4.69, 9.17) is 4.42 Å². The van der Waals surface area contributed by atoms with Crippen LogP contribution in [0.15, 0.2) is 23.0 Å². The summed E-state index contributed by atoms with van der Waals surface area (Å²) in [6.07, 6.45) is 5.42. The third-order valence-corrected chi connectivity index (χ3v) is 2.00. The molecule has 0 N–H and O–H groups in total. The number of rotatable bonds is 2. The van der Waals surface area contributed by atoms with Crippen LogP contribution in [-0.2, 0) is 0 Å². The van der Waals surface area contributed by atoms with Crippen molar-refractivity contribution in [3.05, 3.63) is 24.4 Å². The van der Waals surface area contributed by atoms with Crippen molar-refractivity contribution in [2.75, 3.05) is 0 Å². The molecule has 0 radical (unpaired) electrons. The zero-order valence-corrected chi connectivity index (χ0v) is 8.56. The maximum atomic E-state index is 5.40. The van der Waals surface area contributed by atoms with Crippen LogP contribution < -0.4 is 0 Å². The standard InChI is InChI=1S/C10H13N3O/c1-7(2)13-6-9(5-12-13)10-11-4-8(3)14-10/h4-7H,1-3H3. The van der Waals surface area contributed by atoms with E-state index in [1.54, 1.807) is 12.4 Å². The summed E-state index contributed by atoms with van der Waals surface area (Å²) in [5.41, 5.74) is 0.923. The van der Waals surface area contributed by atoms with Crippen molar-refractivity contribution in [2.45, 2.75) is 26.8 Å². The smallest absolute Gasteiger partial charge is 0.229 e. The van der Waals surface area contributed by atoms with Crippen molar-refractivity contribution in [1.29, 1.82) is 0 Å². The molecule has 0 unspecified atom stereocenters. The highest BCUT2D eigenvalue weighted by atomic mass is 16.4. The monoisotopic (exact) mass is 191 g/mol. The van der Waals surface area contributed by atoms with Gasteiger partial charge in [0.2, 0.25) is 5.89 Å². The van der Waals surface area contributed by atoms with Gasteiger partial charge in [0.05, 0.1) is 18.0 Å². The predicted octanol–water partition coefficient (Wildman–Crippen LogP) is 2.43. The highest BCUT2D eigenvalue weighted by Gasteiger charge is 2.08. The molecule has 2 rings (SSSR count). The first-order chi connectivity index (χ1) is 6.66. The van der Waals surface area contributed by atoms with Gasteiger partial charge in [0.25, 0.3) is 0 Å². The van der Waals surface area contributed by atoms with Crippen molar-refractivity contribution >= 4 is 0 Å². The van der Waals surface area contributed by atoms with Gasteiger partial charge in [-0.25, -0.2) is 4.98 Å². The lowest BCUT2D eigenvalue weighted by Gasteiger charge is -2.02. The van der Waals surface area contributed by atoms with Crippen LogP contribution in [0.25, 0.3) is 11.5 Å². The average Bonchev–Trinajstić information content (AvgIpc) is 2.70. The SMILES string of the molecule is Cc1cnc(-c2cnn(C(C)C)c2)o1. The van der Waals surface area contributed by atoms with Gasteiger partial charge in [-0.3, -0.25) is 4.68 Å². The molecule has 14 heavy (non-hydrogen) atoms. The van der Waals surface area contributed by atoms with Gasteiger partial charge in [-0.15, -0.1) is 0 Å². The van der Waals surface area contributed by atoms with Crippen LogP contribution in [0.2, 0.25) is 0 Å². The molecule has 0 bridgehead atoms. The van der Waals surface area contributed by atoms with Crippen molar-refractivity contribution in [3.8, 4) is 11.5 Å². The Labute approximate surface area is 82.6 Å². The summed E-state index contributed by atoms with van der Waals surface area (Å²) in [5, 5.41) is 4.22. The summed E-state index contributed by atoms with van der Waals surface area (Å²) in [7, 11) is 0. The van der Waals surface area contributed by atoms with Crippen LogP contribution in [0.4, 0.5) is 0 Å². The molecule has 74 valence electrons. The van der Waals surface area contributed by atoms with Crippen molar-refractivity contribution in [2.24, 2.45) is 0 Å². The highest BCUT2D eigenvalue weighted by molar-refractivity contribution is 5.49. The fourth-order valence-electron chi connectivity index (χ4n) is 1.22. The van der Waals surface area contributed by atoms with E-state index >= 15 is 0 Å². The number of nitrogens with zero attached hydrogens (tertiary/aromatic N) is 3. The second kappa shape index (κ2) is 3.29. The topological polar surface area (TPSA) is 43.9 Å². The van der Waals surface area contributed by atoms with E-state index in [9.17, 15) is 0 Å². The highest BCUT2D eigenvalue weighted by Crippen LogP contribution is 2.19. The molecule has 0 saturated heterocycles. The Morgan fingerprint density at radius 3 is 2.64 bits per heavy atom. The summed E-state index contributed by atoms with van der Waals surface area (Å²) in [4.78, 5) is 4.14.